The summed E-state index contributed by atoms with van der Waals surface area (Å²) < 4.78 is 38.9. The van der Waals surface area contributed by atoms with Crippen molar-refractivity contribution in [1.29, 1.82) is 0 Å². The standard InChI is InChI=1S/C14H10F3N3/c1-8-4-5-10-11(7-8)20-13(19-10)12-9(14(15,16)17)3-2-6-18-12/h2-7H,1H3,(H,19,20). The summed E-state index contributed by atoms with van der Waals surface area (Å²) in [5.41, 5.74) is 1.33. The molecule has 3 rings (SSSR count). The number of pyridine rings is 1. The van der Waals surface area contributed by atoms with Crippen LogP contribution in [0, 0.1) is 6.92 Å². The molecule has 2 aromatic heterocycles. The van der Waals surface area contributed by atoms with E-state index in [0.29, 0.717) is 11.0 Å². The van der Waals surface area contributed by atoms with Gasteiger partial charge in [-0.25, -0.2) is 4.98 Å². The molecule has 0 bridgehead atoms. The molecular formula is C14H10F3N3. The van der Waals surface area contributed by atoms with Crippen LogP contribution in [0.15, 0.2) is 36.5 Å². The van der Waals surface area contributed by atoms with Crippen LogP contribution in [0.4, 0.5) is 13.2 Å². The number of fused-ring (bicyclic) bond motifs is 1. The van der Waals surface area contributed by atoms with Crippen molar-refractivity contribution in [3.05, 3.63) is 47.7 Å². The Morgan fingerprint density at radius 3 is 2.70 bits per heavy atom. The first-order valence-corrected chi connectivity index (χ1v) is 5.94. The van der Waals surface area contributed by atoms with Crippen LogP contribution in [0.3, 0.4) is 0 Å². The maximum absolute atomic E-state index is 13.0. The number of alkyl halides is 3. The van der Waals surface area contributed by atoms with Crippen molar-refractivity contribution in [1.82, 2.24) is 15.0 Å². The minimum Gasteiger partial charge on any atom is -0.337 e. The third kappa shape index (κ3) is 2.13. The molecule has 1 aromatic carbocycles. The van der Waals surface area contributed by atoms with Gasteiger partial charge >= 0.3 is 6.18 Å². The summed E-state index contributed by atoms with van der Waals surface area (Å²) in [5, 5.41) is 0. The lowest BCUT2D eigenvalue weighted by Crippen LogP contribution is -2.08. The average Bonchev–Trinajstić information content (AvgIpc) is 2.80. The van der Waals surface area contributed by atoms with Gasteiger partial charge in [0.05, 0.1) is 16.6 Å². The summed E-state index contributed by atoms with van der Waals surface area (Å²) in [5.74, 6) is 0.124. The van der Waals surface area contributed by atoms with E-state index in [-0.39, 0.29) is 11.5 Å². The highest BCUT2D eigenvalue weighted by atomic mass is 19.4. The number of aromatic nitrogens is 3. The van der Waals surface area contributed by atoms with E-state index >= 15 is 0 Å². The predicted molar refractivity (Wildman–Crippen MR) is 69.1 cm³/mol. The van der Waals surface area contributed by atoms with Gasteiger partial charge < -0.3 is 4.98 Å². The summed E-state index contributed by atoms with van der Waals surface area (Å²) in [4.78, 5) is 10.9. The van der Waals surface area contributed by atoms with Gasteiger partial charge in [0, 0.05) is 6.20 Å². The molecule has 20 heavy (non-hydrogen) atoms. The Hall–Kier alpha value is -2.37. The van der Waals surface area contributed by atoms with Gasteiger partial charge in [-0.15, -0.1) is 0 Å². The highest BCUT2D eigenvalue weighted by Gasteiger charge is 2.35. The zero-order valence-electron chi connectivity index (χ0n) is 10.5. The Morgan fingerprint density at radius 2 is 1.95 bits per heavy atom. The van der Waals surface area contributed by atoms with Crippen molar-refractivity contribution < 1.29 is 13.2 Å². The second-order valence-electron chi connectivity index (χ2n) is 4.50. The lowest BCUT2D eigenvalue weighted by Gasteiger charge is -2.09. The summed E-state index contributed by atoms with van der Waals surface area (Å²) in [6.07, 6.45) is -3.14. The molecule has 0 saturated carbocycles. The van der Waals surface area contributed by atoms with Crippen LogP contribution in [-0.2, 0) is 6.18 Å². The van der Waals surface area contributed by atoms with Gasteiger partial charge in [-0.3, -0.25) is 4.98 Å². The first-order chi connectivity index (χ1) is 9.45. The van der Waals surface area contributed by atoms with Gasteiger partial charge in [0.15, 0.2) is 5.82 Å². The number of H-pyrrole nitrogens is 1. The molecule has 0 spiro atoms. The first kappa shape index (κ1) is 12.7. The van der Waals surface area contributed by atoms with Crippen LogP contribution in [0.2, 0.25) is 0 Å². The minimum atomic E-state index is -4.46. The fourth-order valence-corrected chi connectivity index (χ4v) is 2.06. The third-order valence-corrected chi connectivity index (χ3v) is 2.97. The lowest BCUT2D eigenvalue weighted by molar-refractivity contribution is -0.137. The van der Waals surface area contributed by atoms with E-state index in [1.807, 2.05) is 19.1 Å². The average molecular weight is 277 g/mol. The Bertz CT molecular complexity index is 775. The Labute approximate surface area is 112 Å². The molecule has 0 radical (unpaired) electrons. The van der Waals surface area contributed by atoms with Crippen LogP contribution in [-0.4, -0.2) is 15.0 Å². The second kappa shape index (κ2) is 4.33. The molecular weight excluding hydrogens is 267 g/mol. The number of benzene rings is 1. The Kier molecular flexibility index (Phi) is 2.74. The zero-order chi connectivity index (χ0) is 14.3. The topological polar surface area (TPSA) is 41.6 Å². The van der Waals surface area contributed by atoms with Gasteiger partial charge in [-0.05, 0) is 36.8 Å². The molecule has 2 heterocycles. The molecule has 0 atom stereocenters. The maximum Gasteiger partial charge on any atom is 0.418 e. The fraction of sp³-hybridized carbons (Fsp3) is 0.143. The minimum absolute atomic E-state index is 0.124. The van der Waals surface area contributed by atoms with Crippen molar-refractivity contribution >= 4 is 11.0 Å². The monoisotopic (exact) mass is 277 g/mol. The SMILES string of the molecule is Cc1ccc2nc(-c3ncccc3C(F)(F)F)[nH]c2c1. The molecule has 0 aliphatic heterocycles. The van der Waals surface area contributed by atoms with Crippen LogP contribution < -0.4 is 0 Å². The molecule has 0 amide bonds. The number of aryl methyl sites for hydroxylation is 1. The van der Waals surface area contributed by atoms with Crippen LogP contribution >= 0.6 is 0 Å². The van der Waals surface area contributed by atoms with Gasteiger partial charge in [-0.2, -0.15) is 13.2 Å². The smallest absolute Gasteiger partial charge is 0.337 e. The van der Waals surface area contributed by atoms with Gasteiger partial charge in [0.1, 0.15) is 5.69 Å². The van der Waals surface area contributed by atoms with Gasteiger partial charge in [0.2, 0.25) is 0 Å². The molecule has 6 heteroatoms. The normalized spacial score (nSPS) is 12.0. The third-order valence-electron chi connectivity index (χ3n) is 2.97. The van der Waals surface area contributed by atoms with E-state index in [2.05, 4.69) is 15.0 Å². The van der Waals surface area contributed by atoms with Crippen molar-refractivity contribution in [2.45, 2.75) is 13.1 Å². The number of aromatic amines is 1. The number of rotatable bonds is 1. The van der Waals surface area contributed by atoms with E-state index in [0.717, 1.165) is 11.6 Å². The van der Waals surface area contributed by atoms with Crippen LogP contribution in [0.5, 0.6) is 0 Å². The predicted octanol–water partition coefficient (Wildman–Crippen LogP) is 3.95. The largest absolute Gasteiger partial charge is 0.418 e. The molecule has 0 fully saturated rings. The van der Waals surface area contributed by atoms with Crippen molar-refractivity contribution in [3.8, 4) is 11.5 Å². The Balaban J connectivity index is 2.21. The molecule has 3 aromatic rings. The van der Waals surface area contributed by atoms with E-state index in [1.165, 1.54) is 12.3 Å². The number of nitrogens with zero attached hydrogens (tertiary/aromatic N) is 2. The molecule has 0 aliphatic rings. The highest BCUT2D eigenvalue weighted by molar-refractivity contribution is 5.79. The Morgan fingerprint density at radius 1 is 1.15 bits per heavy atom. The van der Waals surface area contributed by atoms with Crippen molar-refractivity contribution in [2.75, 3.05) is 0 Å². The summed E-state index contributed by atoms with van der Waals surface area (Å²) >= 11 is 0. The van der Waals surface area contributed by atoms with Gasteiger partial charge in [-0.1, -0.05) is 6.07 Å². The molecule has 3 nitrogen and oxygen atoms in total. The summed E-state index contributed by atoms with van der Waals surface area (Å²) in [6.45, 7) is 1.90. The number of hydrogen-bond acceptors (Lipinski definition) is 2. The van der Waals surface area contributed by atoms with Crippen LogP contribution in [0.1, 0.15) is 11.1 Å². The molecule has 0 unspecified atom stereocenters. The quantitative estimate of drug-likeness (QED) is 0.731. The highest BCUT2D eigenvalue weighted by Crippen LogP contribution is 2.35. The van der Waals surface area contributed by atoms with E-state index in [9.17, 15) is 13.2 Å². The lowest BCUT2D eigenvalue weighted by atomic mass is 10.2. The molecule has 0 aliphatic carbocycles. The first-order valence-electron chi connectivity index (χ1n) is 5.94. The fourth-order valence-electron chi connectivity index (χ4n) is 2.06. The maximum atomic E-state index is 13.0. The van der Waals surface area contributed by atoms with Crippen molar-refractivity contribution in [2.24, 2.45) is 0 Å². The molecule has 102 valence electrons. The summed E-state index contributed by atoms with van der Waals surface area (Å²) in [7, 11) is 0. The number of halogens is 3. The van der Waals surface area contributed by atoms with E-state index in [4.69, 9.17) is 0 Å². The number of nitrogens with one attached hydrogen (secondary N) is 1. The van der Waals surface area contributed by atoms with Gasteiger partial charge in [0.25, 0.3) is 0 Å². The molecule has 1 N–H and O–H groups in total. The van der Waals surface area contributed by atoms with Crippen LogP contribution in [0.25, 0.3) is 22.6 Å². The van der Waals surface area contributed by atoms with Crippen molar-refractivity contribution in [3.63, 3.8) is 0 Å². The number of hydrogen-bond donors (Lipinski definition) is 1. The zero-order valence-corrected chi connectivity index (χ0v) is 10.5. The molecule has 0 saturated heterocycles. The summed E-state index contributed by atoms with van der Waals surface area (Å²) in [6, 6.07) is 7.72. The van der Waals surface area contributed by atoms with E-state index in [1.54, 1.807) is 6.07 Å². The second-order valence-corrected chi connectivity index (χ2v) is 4.50. The van der Waals surface area contributed by atoms with E-state index < -0.39 is 11.7 Å². The number of imidazole rings is 1.